The van der Waals surface area contributed by atoms with Gasteiger partial charge in [-0.25, -0.2) is 4.39 Å². The molecule has 5 heteroatoms. The number of anilines is 1. The lowest BCUT2D eigenvalue weighted by atomic mass is 9.92. The molecule has 0 spiro atoms. The Morgan fingerprint density at radius 3 is 2.47 bits per heavy atom. The highest BCUT2D eigenvalue weighted by Gasteiger charge is 2.28. The molecule has 0 radical (unpaired) electrons. The fourth-order valence-electron chi connectivity index (χ4n) is 2.10. The molecular weight excluding hydrogens is 225 g/mol. The topological polar surface area (TPSA) is 75.7 Å². The Morgan fingerprint density at radius 2 is 1.82 bits per heavy atom. The second-order valence-corrected chi connectivity index (χ2v) is 4.44. The molecule has 4 N–H and O–H groups in total. The first kappa shape index (κ1) is 12.1. The number of nitrogens with two attached hydrogens (primary N) is 1. The van der Waals surface area contributed by atoms with E-state index in [0.717, 1.165) is 0 Å². The van der Waals surface area contributed by atoms with Crippen LogP contribution in [-0.4, -0.2) is 28.5 Å². The van der Waals surface area contributed by atoms with E-state index >= 15 is 0 Å². The molecule has 1 aliphatic rings. The first-order chi connectivity index (χ1) is 8.04. The molecule has 94 valence electrons. The molecule has 1 aromatic rings. The number of rotatable bonds is 2. The minimum absolute atomic E-state index is 0.260. The van der Waals surface area contributed by atoms with Crippen molar-refractivity contribution >= 4 is 5.69 Å². The SMILES string of the molecule is Nc1ccc(F)cc1OC1C[C@H](O)C[C@@H](O)C1. The van der Waals surface area contributed by atoms with Crippen LogP contribution in [0.2, 0.25) is 0 Å². The molecule has 0 amide bonds. The van der Waals surface area contributed by atoms with Gasteiger partial charge in [-0.2, -0.15) is 0 Å². The van der Waals surface area contributed by atoms with Crippen molar-refractivity contribution < 1.29 is 19.3 Å². The molecule has 0 aromatic heterocycles. The number of aliphatic hydroxyl groups excluding tert-OH is 2. The molecule has 0 aliphatic heterocycles. The van der Waals surface area contributed by atoms with Crippen molar-refractivity contribution in [3.8, 4) is 5.75 Å². The van der Waals surface area contributed by atoms with E-state index in [1.165, 1.54) is 18.2 Å². The van der Waals surface area contributed by atoms with Gasteiger partial charge in [0.25, 0.3) is 0 Å². The van der Waals surface area contributed by atoms with Crippen LogP contribution in [0.25, 0.3) is 0 Å². The maximum absolute atomic E-state index is 13.0. The smallest absolute Gasteiger partial charge is 0.145 e. The summed E-state index contributed by atoms with van der Waals surface area (Å²) in [5, 5.41) is 19.0. The third-order valence-corrected chi connectivity index (χ3v) is 2.88. The minimum atomic E-state index is -0.585. The molecule has 17 heavy (non-hydrogen) atoms. The summed E-state index contributed by atoms with van der Waals surface area (Å²) >= 11 is 0. The van der Waals surface area contributed by atoms with E-state index in [9.17, 15) is 14.6 Å². The third-order valence-electron chi connectivity index (χ3n) is 2.88. The van der Waals surface area contributed by atoms with Gasteiger partial charge < -0.3 is 20.7 Å². The van der Waals surface area contributed by atoms with Crippen molar-refractivity contribution in [2.45, 2.75) is 37.6 Å². The van der Waals surface area contributed by atoms with Gasteiger partial charge in [-0.15, -0.1) is 0 Å². The predicted octanol–water partition coefficient (Wildman–Crippen LogP) is 1.06. The molecular formula is C12H16FNO3. The normalized spacial score (nSPS) is 29.0. The van der Waals surface area contributed by atoms with Crippen molar-refractivity contribution in [2.75, 3.05) is 5.73 Å². The largest absolute Gasteiger partial charge is 0.488 e. The van der Waals surface area contributed by atoms with Crippen molar-refractivity contribution in [3.05, 3.63) is 24.0 Å². The number of halogens is 1. The molecule has 0 unspecified atom stereocenters. The van der Waals surface area contributed by atoms with Crippen LogP contribution in [0.5, 0.6) is 5.75 Å². The molecule has 2 rings (SSSR count). The van der Waals surface area contributed by atoms with Gasteiger partial charge in [-0.1, -0.05) is 0 Å². The highest BCUT2D eigenvalue weighted by atomic mass is 19.1. The summed E-state index contributed by atoms with van der Waals surface area (Å²) in [7, 11) is 0. The Balaban J connectivity index is 2.07. The molecule has 2 atom stereocenters. The molecule has 0 saturated heterocycles. The number of benzene rings is 1. The lowest BCUT2D eigenvalue weighted by Crippen LogP contribution is -2.36. The van der Waals surface area contributed by atoms with Crippen molar-refractivity contribution in [1.82, 2.24) is 0 Å². The fourth-order valence-corrected chi connectivity index (χ4v) is 2.10. The van der Waals surface area contributed by atoms with Gasteiger partial charge in [-0.3, -0.25) is 0 Å². The fraction of sp³-hybridized carbons (Fsp3) is 0.500. The first-order valence-electron chi connectivity index (χ1n) is 5.62. The Labute approximate surface area is 98.8 Å². The summed E-state index contributed by atoms with van der Waals surface area (Å²) in [6, 6.07) is 3.90. The molecule has 1 aromatic carbocycles. The van der Waals surface area contributed by atoms with Gasteiger partial charge >= 0.3 is 0 Å². The van der Waals surface area contributed by atoms with E-state index in [-0.39, 0.29) is 11.9 Å². The zero-order chi connectivity index (χ0) is 12.4. The third kappa shape index (κ3) is 3.08. The number of nitrogen functional groups attached to an aromatic ring is 1. The average Bonchev–Trinajstić information content (AvgIpc) is 2.22. The summed E-state index contributed by atoms with van der Waals surface area (Å²) in [5.41, 5.74) is 6.01. The van der Waals surface area contributed by atoms with Gasteiger partial charge in [0.1, 0.15) is 17.7 Å². The van der Waals surface area contributed by atoms with E-state index in [2.05, 4.69) is 0 Å². The Bertz CT molecular complexity index is 389. The monoisotopic (exact) mass is 241 g/mol. The Hall–Kier alpha value is -1.33. The maximum atomic E-state index is 13.0. The standard InChI is InChI=1S/C12H16FNO3/c13-7-1-2-11(14)12(3-7)17-10-5-8(15)4-9(16)6-10/h1-3,8-10,15-16H,4-6,14H2/t8-,9-/m1/s1. The first-order valence-corrected chi connectivity index (χ1v) is 5.62. The summed E-state index contributed by atoms with van der Waals surface area (Å²) in [5.74, 6) is -0.164. The molecule has 1 aliphatic carbocycles. The van der Waals surface area contributed by atoms with Crippen LogP contribution in [0.3, 0.4) is 0 Å². The van der Waals surface area contributed by atoms with E-state index < -0.39 is 18.0 Å². The van der Waals surface area contributed by atoms with Crippen LogP contribution in [-0.2, 0) is 0 Å². The zero-order valence-corrected chi connectivity index (χ0v) is 9.34. The second-order valence-electron chi connectivity index (χ2n) is 4.44. The van der Waals surface area contributed by atoms with Crippen LogP contribution in [0, 0.1) is 5.82 Å². The van der Waals surface area contributed by atoms with E-state index in [4.69, 9.17) is 10.5 Å². The minimum Gasteiger partial charge on any atom is -0.488 e. The predicted molar refractivity (Wildman–Crippen MR) is 61.1 cm³/mol. The lowest BCUT2D eigenvalue weighted by Gasteiger charge is -2.30. The molecule has 1 saturated carbocycles. The van der Waals surface area contributed by atoms with Gasteiger partial charge in [0.2, 0.25) is 0 Å². The van der Waals surface area contributed by atoms with Gasteiger partial charge in [0.05, 0.1) is 17.9 Å². The summed E-state index contributed by atoms with van der Waals surface area (Å²) in [6.07, 6.45) is -0.298. The van der Waals surface area contributed by atoms with Crippen LogP contribution in [0.1, 0.15) is 19.3 Å². The van der Waals surface area contributed by atoms with Crippen molar-refractivity contribution in [3.63, 3.8) is 0 Å². The van der Waals surface area contributed by atoms with Crippen LogP contribution in [0.15, 0.2) is 18.2 Å². The van der Waals surface area contributed by atoms with Crippen molar-refractivity contribution in [2.24, 2.45) is 0 Å². The number of ether oxygens (including phenoxy) is 1. The number of hydrogen-bond donors (Lipinski definition) is 3. The number of hydrogen-bond acceptors (Lipinski definition) is 4. The van der Waals surface area contributed by atoms with Crippen molar-refractivity contribution in [1.29, 1.82) is 0 Å². The second kappa shape index (κ2) is 4.89. The molecule has 4 nitrogen and oxygen atoms in total. The van der Waals surface area contributed by atoms with Gasteiger partial charge in [-0.05, 0) is 18.6 Å². The van der Waals surface area contributed by atoms with Crippen LogP contribution < -0.4 is 10.5 Å². The highest BCUT2D eigenvalue weighted by molar-refractivity contribution is 5.52. The summed E-state index contributed by atoms with van der Waals surface area (Å²) < 4.78 is 18.5. The molecule has 1 fully saturated rings. The summed E-state index contributed by atoms with van der Waals surface area (Å²) in [6.45, 7) is 0. The van der Waals surface area contributed by atoms with E-state index in [1.54, 1.807) is 0 Å². The maximum Gasteiger partial charge on any atom is 0.145 e. The molecule has 0 heterocycles. The lowest BCUT2D eigenvalue weighted by molar-refractivity contribution is -0.0153. The summed E-state index contributed by atoms with van der Waals surface area (Å²) in [4.78, 5) is 0. The quantitative estimate of drug-likeness (QED) is 0.677. The Morgan fingerprint density at radius 1 is 1.18 bits per heavy atom. The molecule has 0 bridgehead atoms. The van der Waals surface area contributed by atoms with Gasteiger partial charge in [0.15, 0.2) is 0 Å². The number of aliphatic hydroxyl groups is 2. The van der Waals surface area contributed by atoms with Crippen LogP contribution >= 0.6 is 0 Å². The van der Waals surface area contributed by atoms with Gasteiger partial charge in [0, 0.05) is 18.9 Å². The Kier molecular flexibility index (Phi) is 3.49. The highest BCUT2D eigenvalue weighted by Crippen LogP contribution is 2.28. The zero-order valence-electron chi connectivity index (χ0n) is 9.34. The van der Waals surface area contributed by atoms with E-state index in [1.807, 2.05) is 0 Å². The van der Waals surface area contributed by atoms with Crippen LogP contribution in [0.4, 0.5) is 10.1 Å². The van der Waals surface area contributed by atoms with E-state index in [0.29, 0.717) is 24.9 Å². The average molecular weight is 241 g/mol.